The van der Waals surface area contributed by atoms with Crippen molar-refractivity contribution in [3.63, 3.8) is 0 Å². The third-order valence-corrected chi connectivity index (χ3v) is 14.6. The Labute approximate surface area is 287 Å². The Morgan fingerprint density at radius 1 is 0.875 bits per heavy atom. The van der Waals surface area contributed by atoms with Gasteiger partial charge in [-0.2, -0.15) is 0 Å². The maximum atomic E-state index is 14.5. The summed E-state index contributed by atoms with van der Waals surface area (Å²) in [7, 11) is -0.449. The lowest BCUT2D eigenvalue weighted by Gasteiger charge is -2.38. The topological polar surface area (TPSA) is 138 Å². The highest BCUT2D eigenvalue weighted by atomic mass is 32.2. The second kappa shape index (κ2) is 15.0. The molecule has 3 saturated carbocycles. The first kappa shape index (κ1) is 37.1. The van der Waals surface area contributed by atoms with E-state index in [0.717, 1.165) is 70.6 Å². The minimum atomic E-state index is -3.51. The van der Waals surface area contributed by atoms with Gasteiger partial charge in [0.25, 0.3) is 5.91 Å². The molecule has 0 aromatic rings. The Kier molecular flexibility index (Phi) is 11.6. The summed E-state index contributed by atoms with van der Waals surface area (Å²) in [6.45, 7) is 4.72. The summed E-state index contributed by atoms with van der Waals surface area (Å²) in [4.78, 5) is 70.4. The van der Waals surface area contributed by atoms with Crippen molar-refractivity contribution in [2.24, 2.45) is 34.5 Å². The number of piperidine rings is 1. The zero-order valence-corrected chi connectivity index (χ0v) is 30.6. The van der Waals surface area contributed by atoms with Gasteiger partial charge in [0.05, 0.1) is 11.8 Å². The van der Waals surface area contributed by atoms with E-state index in [2.05, 4.69) is 19.2 Å². The molecule has 2 amide bonds. The summed E-state index contributed by atoms with van der Waals surface area (Å²) in [5.41, 5.74) is -0.716. The van der Waals surface area contributed by atoms with Gasteiger partial charge in [-0.05, 0) is 61.2 Å². The normalized spacial score (nSPS) is 31.3. The van der Waals surface area contributed by atoms with E-state index in [4.69, 9.17) is 0 Å². The molecular formula is C37H59N3O7S. The molecule has 2 heterocycles. The molecular weight excluding hydrogens is 630 g/mol. The number of amides is 2. The van der Waals surface area contributed by atoms with Gasteiger partial charge in [0.1, 0.15) is 5.78 Å². The van der Waals surface area contributed by atoms with E-state index >= 15 is 0 Å². The van der Waals surface area contributed by atoms with Crippen molar-refractivity contribution in [1.82, 2.24) is 14.5 Å². The van der Waals surface area contributed by atoms with Crippen molar-refractivity contribution < 1.29 is 32.4 Å². The van der Waals surface area contributed by atoms with Crippen LogP contribution in [0.4, 0.5) is 0 Å². The van der Waals surface area contributed by atoms with Gasteiger partial charge in [0.15, 0.2) is 5.78 Å². The van der Waals surface area contributed by atoms with Crippen LogP contribution in [0.15, 0.2) is 0 Å². The fourth-order valence-corrected chi connectivity index (χ4v) is 10.7. The van der Waals surface area contributed by atoms with Crippen LogP contribution in [0.5, 0.6) is 0 Å². The number of fused-ring (bicyclic) bond motifs is 3. The van der Waals surface area contributed by atoms with Crippen LogP contribution < -0.4 is 5.32 Å². The predicted octanol–water partition coefficient (Wildman–Crippen LogP) is 4.83. The summed E-state index contributed by atoms with van der Waals surface area (Å²) < 4.78 is 27.2. The molecule has 0 radical (unpaired) electrons. The van der Waals surface area contributed by atoms with Crippen LogP contribution in [-0.2, 0) is 34.0 Å². The summed E-state index contributed by atoms with van der Waals surface area (Å²) in [5, 5.41) is 2.80. The fraction of sp³-hybridized carbons (Fsp3) is 0.865. The molecule has 0 spiro atoms. The molecule has 5 fully saturated rings. The zero-order valence-electron chi connectivity index (χ0n) is 29.8. The van der Waals surface area contributed by atoms with Gasteiger partial charge in [0, 0.05) is 57.8 Å². The number of carbonyl (C=O) groups is 5. The number of hydrogen-bond donors (Lipinski definition) is 1. The number of nitrogens with one attached hydrogen (secondary N) is 1. The standard InChI is InChI=1S/C37H59N3O7S/c1-36(2)29-23-40-32(31(29)36)30(42)21-25(33(43)34(44)38-27-16-17-27)14-10-7-5-6-8-11-15-26(35(40)45)20-28(41)22-37(18-12-9-13-19-37)24-48(46,47)39(3)4/h25-27,29,31-32H,5-24H2,1-4H3,(H,38,44)/t25-,26-,29+,31+,32-/m1/s1. The van der Waals surface area contributed by atoms with Gasteiger partial charge in [0.2, 0.25) is 21.7 Å². The maximum Gasteiger partial charge on any atom is 0.287 e. The van der Waals surface area contributed by atoms with E-state index in [1.807, 2.05) is 0 Å². The summed E-state index contributed by atoms with van der Waals surface area (Å²) >= 11 is 0. The molecule has 10 nitrogen and oxygen atoms in total. The monoisotopic (exact) mass is 689 g/mol. The zero-order chi connectivity index (χ0) is 34.9. The lowest BCUT2D eigenvalue weighted by Crippen LogP contribution is -2.49. The van der Waals surface area contributed by atoms with Crippen molar-refractivity contribution in [3.05, 3.63) is 0 Å². The summed E-state index contributed by atoms with van der Waals surface area (Å²) in [6.07, 6.45) is 12.5. The maximum absolute atomic E-state index is 14.5. The number of ketones is 3. The predicted molar refractivity (Wildman–Crippen MR) is 183 cm³/mol. The van der Waals surface area contributed by atoms with Gasteiger partial charge in [-0.3, -0.25) is 24.0 Å². The van der Waals surface area contributed by atoms with E-state index in [-0.39, 0.29) is 65.8 Å². The van der Waals surface area contributed by atoms with Crippen LogP contribution in [0.1, 0.15) is 129 Å². The average Bonchev–Trinajstić information content (AvgIpc) is 3.87. The third kappa shape index (κ3) is 8.59. The molecule has 270 valence electrons. The molecule has 0 bridgehead atoms. The summed E-state index contributed by atoms with van der Waals surface area (Å²) in [6, 6.07) is -0.600. The first-order valence-corrected chi connectivity index (χ1v) is 20.4. The van der Waals surface area contributed by atoms with Gasteiger partial charge in [-0.15, -0.1) is 0 Å². The molecule has 2 saturated heterocycles. The molecule has 5 aliphatic rings. The lowest BCUT2D eigenvalue weighted by atomic mass is 9.71. The van der Waals surface area contributed by atoms with E-state index in [1.165, 1.54) is 18.4 Å². The Morgan fingerprint density at radius 3 is 2.10 bits per heavy atom. The minimum absolute atomic E-state index is 0.00113. The van der Waals surface area contributed by atoms with Crippen LogP contribution in [0.25, 0.3) is 0 Å². The van der Waals surface area contributed by atoms with Crippen LogP contribution in [0.3, 0.4) is 0 Å². The quantitative estimate of drug-likeness (QED) is 0.324. The number of carbonyl (C=O) groups excluding carboxylic acids is 5. The highest BCUT2D eigenvalue weighted by Gasteiger charge is 2.69. The molecule has 1 N–H and O–H groups in total. The number of sulfonamides is 1. The van der Waals surface area contributed by atoms with Gasteiger partial charge < -0.3 is 10.2 Å². The molecule has 0 unspecified atom stereocenters. The average molecular weight is 690 g/mol. The Bertz CT molecular complexity index is 1350. The first-order chi connectivity index (χ1) is 22.6. The number of rotatable bonds is 10. The van der Waals surface area contributed by atoms with Gasteiger partial charge >= 0.3 is 0 Å². The van der Waals surface area contributed by atoms with E-state index in [9.17, 15) is 32.4 Å². The van der Waals surface area contributed by atoms with E-state index in [0.29, 0.717) is 32.2 Å². The number of hydrogen-bond acceptors (Lipinski definition) is 7. The van der Waals surface area contributed by atoms with E-state index in [1.54, 1.807) is 4.90 Å². The van der Waals surface area contributed by atoms with Crippen LogP contribution in [-0.4, -0.2) is 85.3 Å². The van der Waals surface area contributed by atoms with Crippen LogP contribution >= 0.6 is 0 Å². The second-order valence-electron chi connectivity index (χ2n) is 16.8. The van der Waals surface area contributed by atoms with Gasteiger partial charge in [-0.25, -0.2) is 12.7 Å². The highest BCUT2D eigenvalue weighted by Crippen LogP contribution is 2.65. The Morgan fingerprint density at radius 2 is 1.48 bits per heavy atom. The van der Waals surface area contributed by atoms with Crippen LogP contribution in [0.2, 0.25) is 0 Å². The fourth-order valence-electron chi connectivity index (χ4n) is 9.23. The molecule has 11 heteroatoms. The Balaban J connectivity index is 1.35. The second-order valence-corrected chi connectivity index (χ2v) is 19.0. The van der Waals surface area contributed by atoms with Crippen LogP contribution in [0, 0.1) is 34.5 Å². The van der Waals surface area contributed by atoms with Crippen molar-refractivity contribution >= 4 is 39.2 Å². The molecule has 3 aliphatic carbocycles. The third-order valence-electron chi connectivity index (χ3n) is 12.5. The lowest BCUT2D eigenvalue weighted by molar-refractivity contribution is -0.146. The number of nitrogens with zero attached hydrogens (tertiary/aromatic N) is 2. The largest absolute Gasteiger partial charge is 0.347 e. The van der Waals surface area contributed by atoms with Crippen molar-refractivity contribution in [2.75, 3.05) is 26.4 Å². The van der Waals surface area contributed by atoms with Gasteiger partial charge in [-0.1, -0.05) is 71.6 Å². The molecule has 5 atom stereocenters. The van der Waals surface area contributed by atoms with Crippen molar-refractivity contribution in [3.8, 4) is 0 Å². The summed E-state index contributed by atoms with van der Waals surface area (Å²) in [5.74, 6) is -2.62. The first-order valence-electron chi connectivity index (χ1n) is 18.7. The minimum Gasteiger partial charge on any atom is -0.347 e. The Hall–Kier alpha value is -2.14. The smallest absolute Gasteiger partial charge is 0.287 e. The molecule has 48 heavy (non-hydrogen) atoms. The van der Waals surface area contributed by atoms with E-state index < -0.39 is 45.0 Å². The van der Waals surface area contributed by atoms with Crippen molar-refractivity contribution in [2.45, 2.75) is 142 Å². The molecule has 5 rings (SSSR count). The molecule has 2 aliphatic heterocycles. The molecule has 0 aromatic heterocycles. The van der Waals surface area contributed by atoms with Crippen molar-refractivity contribution in [1.29, 1.82) is 0 Å². The highest BCUT2D eigenvalue weighted by molar-refractivity contribution is 7.89. The number of Topliss-reactive ketones (excluding diaryl/α,β-unsaturated/α-hetero) is 3. The molecule has 0 aromatic carbocycles. The SMILES string of the molecule is CN(C)S(=O)(=O)CC1(CC(=O)C[C@H]2CCCCCCCC[C@@H](C(=O)C(=O)NC3CC3)CC(=O)[C@@H]3[C@@H]4[C@H](CN3C2=O)C4(C)C)CCCCC1.